The van der Waals surface area contributed by atoms with E-state index in [-0.39, 0.29) is 24.5 Å². The molecule has 0 bridgehead atoms. The maximum absolute atomic E-state index is 13.6. The van der Waals surface area contributed by atoms with Crippen LogP contribution in [0, 0.1) is 5.92 Å². The molecule has 188 valence electrons. The van der Waals surface area contributed by atoms with Crippen LogP contribution in [-0.2, 0) is 29.1 Å². The summed E-state index contributed by atoms with van der Waals surface area (Å²) in [5, 5.41) is 3.04. The topological polar surface area (TPSA) is 77.1 Å². The average Bonchev–Trinajstić information content (AvgIpc) is 3.38. The summed E-state index contributed by atoms with van der Waals surface area (Å²) in [6, 6.07) is 22.2. The third kappa shape index (κ3) is 6.16. The number of rotatable bonds is 10. The molecule has 0 aliphatic carbocycles. The largest absolute Gasteiger partial charge is 0.497 e. The number of benzene rings is 3. The van der Waals surface area contributed by atoms with Crippen LogP contribution < -0.4 is 19.5 Å². The predicted molar refractivity (Wildman–Crippen MR) is 137 cm³/mol. The minimum absolute atomic E-state index is 0.0787. The lowest BCUT2D eigenvalue weighted by molar-refractivity contribution is -0.143. The second-order valence-electron chi connectivity index (χ2n) is 9.08. The molecular weight excluding hydrogens is 456 g/mol. The van der Waals surface area contributed by atoms with Crippen LogP contribution in [0.2, 0.25) is 0 Å². The molecule has 1 aliphatic heterocycles. The summed E-state index contributed by atoms with van der Waals surface area (Å²) in [6.07, 6.45) is 0.405. The molecule has 7 nitrogen and oxygen atoms in total. The highest BCUT2D eigenvalue weighted by molar-refractivity contribution is 5.88. The van der Waals surface area contributed by atoms with Gasteiger partial charge in [0.1, 0.15) is 11.8 Å². The third-order valence-electron chi connectivity index (χ3n) is 6.14. The highest BCUT2D eigenvalue weighted by Gasteiger charge is 2.31. The average molecular weight is 489 g/mol. The summed E-state index contributed by atoms with van der Waals surface area (Å²) in [6.45, 7) is 4.53. The van der Waals surface area contributed by atoms with Gasteiger partial charge in [0, 0.05) is 25.4 Å². The van der Waals surface area contributed by atoms with E-state index in [4.69, 9.17) is 14.2 Å². The Morgan fingerprint density at radius 3 is 2.31 bits per heavy atom. The van der Waals surface area contributed by atoms with Crippen molar-refractivity contribution < 1.29 is 23.8 Å². The minimum Gasteiger partial charge on any atom is -0.497 e. The van der Waals surface area contributed by atoms with Crippen molar-refractivity contribution in [3.05, 3.63) is 89.5 Å². The Balaban J connectivity index is 1.58. The lowest BCUT2D eigenvalue weighted by Gasteiger charge is -2.33. The summed E-state index contributed by atoms with van der Waals surface area (Å²) in [5.74, 6) is 1.55. The highest BCUT2D eigenvalue weighted by Crippen LogP contribution is 2.32. The molecule has 2 amide bonds. The molecular formula is C29H32N2O5. The molecule has 1 aliphatic rings. The minimum atomic E-state index is -0.682. The van der Waals surface area contributed by atoms with Crippen LogP contribution in [0.1, 0.15) is 30.5 Å². The zero-order valence-corrected chi connectivity index (χ0v) is 20.9. The van der Waals surface area contributed by atoms with Crippen molar-refractivity contribution in [2.24, 2.45) is 5.92 Å². The van der Waals surface area contributed by atoms with Gasteiger partial charge in [0.25, 0.3) is 0 Å². The quantitative estimate of drug-likeness (QED) is 0.460. The highest BCUT2D eigenvalue weighted by atomic mass is 16.7. The first-order valence-corrected chi connectivity index (χ1v) is 12.1. The van der Waals surface area contributed by atoms with Crippen molar-refractivity contribution in [3.8, 4) is 17.2 Å². The number of hydrogen-bond acceptors (Lipinski definition) is 5. The van der Waals surface area contributed by atoms with Crippen molar-refractivity contribution >= 4 is 11.8 Å². The van der Waals surface area contributed by atoms with Gasteiger partial charge in [-0.05, 0) is 41.0 Å². The molecule has 0 unspecified atom stereocenters. The van der Waals surface area contributed by atoms with E-state index < -0.39 is 6.04 Å². The summed E-state index contributed by atoms with van der Waals surface area (Å²) >= 11 is 0. The van der Waals surface area contributed by atoms with Gasteiger partial charge in [0.05, 0.1) is 7.11 Å². The number of carbonyl (C=O) groups excluding carboxylic acids is 2. The van der Waals surface area contributed by atoms with E-state index in [1.54, 1.807) is 12.0 Å². The summed E-state index contributed by atoms with van der Waals surface area (Å²) in [4.78, 5) is 28.7. The van der Waals surface area contributed by atoms with Gasteiger partial charge in [-0.25, -0.2) is 0 Å². The van der Waals surface area contributed by atoms with Crippen molar-refractivity contribution in [2.45, 2.75) is 39.4 Å². The molecule has 7 heteroatoms. The van der Waals surface area contributed by atoms with Gasteiger partial charge in [0.15, 0.2) is 11.5 Å². The van der Waals surface area contributed by atoms with Crippen molar-refractivity contribution in [1.82, 2.24) is 10.2 Å². The smallest absolute Gasteiger partial charge is 0.243 e. The Labute approximate surface area is 212 Å². The fourth-order valence-electron chi connectivity index (χ4n) is 4.14. The van der Waals surface area contributed by atoms with Crippen LogP contribution in [0.5, 0.6) is 17.2 Å². The molecule has 3 aromatic carbocycles. The summed E-state index contributed by atoms with van der Waals surface area (Å²) in [5.41, 5.74) is 2.80. The summed E-state index contributed by atoms with van der Waals surface area (Å²) in [7, 11) is 1.62. The van der Waals surface area contributed by atoms with Crippen molar-refractivity contribution in [1.29, 1.82) is 0 Å². The van der Waals surface area contributed by atoms with E-state index in [0.717, 1.165) is 22.4 Å². The molecule has 0 spiro atoms. The molecule has 3 aromatic rings. The van der Waals surface area contributed by atoms with Crippen molar-refractivity contribution in [2.75, 3.05) is 13.9 Å². The van der Waals surface area contributed by atoms with Crippen molar-refractivity contribution in [3.63, 3.8) is 0 Å². The van der Waals surface area contributed by atoms with E-state index in [1.807, 2.05) is 86.6 Å². The van der Waals surface area contributed by atoms with E-state index in [9.17, 15) is 9.59 Å². The number of methoxy groups -OCH3 is 1. The molecule has 0 saturated heterocycles. The van der Waals surface area contributed by atoms with Crippen LogP contribution >= 0.6 is 0 Å². The van der Waals surface area contributed by atoms with Gasteiger partial charge in [0.2, 0.25) is 18.6 Å². The van der Waals surface area contributed by atoms with E-state index in [1.165, 1.54) is 0 Å². The number of fused-ring (bicyclic) bond motifs is 1. The lowest BCUT2D eigenvalue weighted by atomic mass is 10.0. The molecule has 1 N–H and O–H groups in total. The maximum Gasteiger partial charge on any atom is 0.243 e. The number of nitrogens with zero attached hydrogens (tertiary/aromatic N) is 1. The molecule has 1 heterocycles. The van der Waals surface area contributed by atoms with E-state index in [2.05, 4.69) is 5.32 Å². The van der Waals surface area contributed by atoms with Gasteiger partial charge in [-0.2, -0.15) is 0 Å². The van der Waals surface area contributed by atoms with Gasteiger partial charge >= 0.3 is 0 Å². The number of nitrogens with one attached hydrogen (secondary N) is 1. The second kappa shape index (κ2) is 11.6. The van der Waals surface area contributed by atoms with Gasteiger partial charge in [-0.1, -0.05) is 62.4 Å². The Morgan fingerprint density at radius 1 is 0.917 bits per heavy atom. The lowest BCUT2D eigenvalue weighted by Crippen LogP contribution is -2.51. The molecule has 1 atom stereocenters. The van der Waals surface area contributed by atoms with E-state index in [0.29, 0.717) is 31.0 Å². The SMILES string of the molecule is COc1ccc(CN(C(=O)C(C)C)[C@H](Cc2ccccc2)C(=O)NCc2ccc3c(c2)OCO3)cc1. The number of carbonyl (C=O) groups is 2. The fraction of sp³-hybridized carbons (Fsp3) is 0.310. The molecule has 0 aromatic heterocycles. The normalized spacial score (nSPS) is 12.8. The Kier molecular flexibility index (Phi) is 8.10. The van der Waals surface area contributed by atoms with E-state index >= 15 is 0 Å². The number of amides is 2. The first-order valence-electron chi connectivity index (χ1n) is 12.1. The first kappa shape index (κ1) is 25.1. The molecule has 0 fully saturated rings. The third-order valence-corrected chi connectivity index (χ3v) is 6.14. The van der Waals surface area contributed by atoms with Crippen LogP contribution in [-0.4, -0.2) is 36.7 Å². The van der Waals surface area contributed by atoms with Gasteiger partial charge in [-0.3, -0.25) is 9.59 Å². The molecule has 0 saturated carbocycles. The standard InChI is InChI=1S/C29H32N2O5/c1-20(2)29(33)31(18-22-9-12-24(34-3)13-10-22)25(15-21-7-5-4-6-8-21)28(32)30-17-23-11-14-26-27(16-23)36-19-35-26/h4-14,16,20,25H,15,17-19H2,1-3H3,(H,30,32)/t25-/m1/s1. The van der Waals surface area contributed by atoms with Crippen LogP contribution in [0.4, 0.5) is 0 Å². The Bertz CT molecular complexity index is 1180. The van der Waals surface area contributed by atoms with Gasteiger partial charge in [-0.15, -0.1) is 0 Å². The molecule has 0 radical (unpaired) electrons. The van der Waals surface area contributed by atoms with Crippen LogP contribution in [0.25, 0.3) is 0 Å². The number of hydrogen-bond donors (Lipinski definition) is 1. The molecule has 4 rings (SSSR count). The second-order valence-corrected chi connectivity index (χ2v) is 9.08. The number of ether oxygens (including phenoxy) is 3. The zero-order valence-electron chi connectivity index (χ0n) is 20.9. The monoisotopic (exact) mass is 488 g/mol. The Morgan fingerprint density at radius 2 is 1.61 bits per heavy atom. The van der Waals surface area contributed by atoms with Gasteiger partial charge < -0.3 is 24.4 Å². The zero-order chi connectivity index (χ0) is 25.5. The maximum atomic E-state index is 13.6. The molecule has 36 heavy (non-hydrogen) atoms. The Hall–Kier alpha value is -4.00. The van der Waals surface area contributed by atoms with Crippen LogP contribution in [0.3, 0.4) is 0 Å². The van der Waals surface area contributed by atoms with Crippen LogP contribution in [0.15, 0.2) is 72.8 Å². The predicted octanol–water partition coefficient (Wildman–Crippen LogP) is 4.34. The summed E-state index contributed by atoms with van der Waals surface area (Å²) < 4.78 is 16.1. The first-order chi connectivity index (χ1) is 17.4. The fourth-order valence-corrected chi connectivity index (χ4v) is 4.14.